The summed E-state index contributed by atoms with van der Waals surface area (Å²) < 4.78 is 0. The van der Waals surface area contributed by atoms with Gasteiger partial charge in [-0.2, -0.15) is 11.8 Å². The van der Waals surface area contributed by atoms with Gasteiger partial charge in [0.05, 0.1) is 18.5 Å². The molecule has 2 aromatic heterocycles. The lowest BCUT2D eigenvalue weighted by Gasteiger charge is -2.14. The summed E-state index contributed by atoms with van der Waals surface area (Å²) in [5, 5.41) is 12.4. The summed E-state index contributed by atoms with van der Waals surface area (Å²) in [7, 11) is 0. The van der Waals surface area contributed by atoms with Gasteiger partial charge in [-0.1, -0.05) is 13.8 Å². The van der Waals surface area contributed by atoms with Crippen LogP contribution in [0.5, 0.6) is 0 Å². The SMILES string of the molecule is CC.CSC[C@H](CO)NCc1c[nH]c2c(=O)[nH]cnc12. The van der Waals surface area contributed by atoms with E-state index in [9.17, 15) is 9.90 Å². The third kappa shape index (κ3) is 4.09. The van der Waals surface area contributed by atoms with Crippen molar-refractivity contribution in [2.45, 2.75) is 26.4 Å². The maximum Gasteiger partial charge on any atom is 0.275 e. The zero-order valence-corrected chi connectivity index (χ0v) is 12.9. The molecule has 1 atom stereocenters. The predicted molar refractivity (Wildman–Crippen MR) is 84.2 cm³/mol. The van der Waals surface area contributed by atoms with E-state index in [2.05, 4.69) is 20.3 Å². The average Bonchev–Trinajstić information content (AvgIpc) is 2.90. The van der Waals surface area contributed by atoms with Crippen molar-refractivity contribution < 1.29 is 5.11 Å². The summed E-state index contributed by atoms with van der Waals surface area (Å²) in [5.74, 6) is 0.840. The minimum atomic E-state index is -0.172. The average molecular weight is 298 g/mol. The zero-order valence-electron chi connectivity index (χ0n) is 12.1. The molecule has 0 saturated heterocycles. The smallest absolute Gasteiger partial charge is 0.275 e. The van der Waals surface area contributed by atoms with Gasteiger partial charge in [-0.05, 0) is 6.26 Å². The highest BCUT2D eigenvalue weighted by Crippen LogP contribution is 2.11. The van der Waals surface area contributed by atoms with Crippen LogP contribution in [-0.2, 0) is 6.54 Å². The minimum Gasteiger partial charge on any atom is -0.395 e. The van der Waals surface area contributed by atoms with E-state index in [-0.39, 0.29) is 18.2 Å². The quantitative estimate of drug-likeness (QED) is 0.640. The summed E-state index contributed by atoms with van der Waals surface area (Å²) >= 11 is 1.68. The van der Waals surface area contributed by atoms with Crippen molar-refractivity contribution in [3.8, 4) is 0 Å². The van der Waals surface area contributed by atoms with Gasteiger partial charge < -0.3 is 20.4 Å². The number of aromatic amines is 2. The van der Waals surface area contributed by atoms with E-state index < -0.39 is 0 Å². The second kappa shape index (κ2) is 8.78. The van der Waals surface area contributed by atoms with Crippen molar-refractivity contribution >= 4 is 22.8 Å². The van der Waals surface area contributed by atoms with E-state index in [1.165, 1.54) is 6.33 Å². The first kappa shape index (κ1) is 16.7. The van der Waals surface area contributed by atoms with Crippen LogP contribution < -0.4 is 10.9 Å². The Balaban J connectivity index is 0.000000956. The van der Waals surface area contributed by atoms with Gasteiger partial charge in [0.15, 0.2) is 0 Å². The molecule has 20 heavy (non-hydrogen) atoms. The van der Waals surface area contributed by atoms with Gasteiger partial charge in [0.2, 0.25) is 0 Å². The Morgan fingerprint density at radius 3 is 2.85 bits per heavy atom. The highest BCUT2D eigenvalue weighted by molar-refractivity contribution is 7.98. The van der Waals surface area contributed by atoms with Gasteiger partial charge >= 0.3 is 0 Å². The van der Waals surface area contributed by atoms with E-state index in [1.54, 1.807) is 18.0 Å². The lowest BCUT2D eigenvalue weighted by atomic mass is 10.2. The van der Waals surface area contributed by atoms with Crippen LogP contribution in [0.1, 0.15) is 19.4 Å². The molecule has 0 bridgehead atoms. The molecule has 7 heteroatoms. The number of H-pyrrole nitrogens is 2. The normalized spacial score (nSPS) is 12.0. The van der Waals surface area contributed by atoms with Gasteiger partial charge in [-0.3, -0.25) is 4.79 Å². The molecule has 2 rings (SSSR count). The Morgan fingerprint density at radius 1 is 1.45 bits per heavy atom. The first-order valence-electron chi connectivity index (χ1n) is 6.63. The fraction of sp³-hybridized carbons (Fsp3) is 0.538. The van der Waals surface area contributed by atoms with Crippen molar-refractivity contribution in [2.75, 3.05) is 18.6 Å². The lowest BCUT2D eigenvalue weighted by molar-refractivity contribution is 0.253. The summed E-state index contributed by atoms with van der Waals surface area (Å²) in [6.07, 6.45) is 5.16. The molecule has 4 N–H and O–H groups in total. The van der Waals surface area contributed by atoms with Crippen molar-refractivity contribution in [1.29, 1.82) is 0 Å². The molecular weight excluding hydrogens is 276 g/mol. The molecule has 112 valence electrons. The zero-order chi connectivity index (χ0) is 15.0. The van der Waals surface area contributed by atoms with Crippen LogP contribution in [0.15, 0.2) is 17.3 Å². The first-order valence-corrected chi connectivity index (χ1v) is 8.02. The van der Waals surface area contributed by atoms with Crippen LogP contribution in [-0.4, -0.2) is 44.7 Å². The maximum absolute atomic E-state index is 11.5. The molecule has 6 nitrogen and oxygen atoms in total. The van der Waals surface area contributed by atoms with E-state index in [1.807, 2.05) is 20.1 Å². The molecule has 2 aromatic rings. The Hall–Kier alpha value is -1.31. The number of rotatable bonds is 6. The second-order valence-corrected chi connectivity index (χ2v) is 4.90. The van der Waals surface area contributed by atoms with Crippen molar-refractivity contribution in [3.63, 3.8) is 0 Å². The maximum atomic E-state index is 11.5. The summed E-state index contributed by atoms with van der Waals surface area (Å²) in [6, 6.07) is 0.0481. The first-order chi connectivity index (χ1) is 9.76. The van der Waals surface area contributed by atoms with Crippen molar-refractivity contribution in [3.05, 3.63) is 28.4 Å². The van der Waals surface area contributed by atoms with Gasteiger partial charge in [-0.15, -0.1) is 0 Å². The molecule has 0 aliphatic rings. The minimum absolute atomic E-state index is 0.0481. The Labute approximate surface area is 122 Å². The molecule has 0 saturated carbocycles. The monoisotopic (exact) mass is 298 g/mol. The molecule has 0 aliphatic heterocycles. The predicted octanol–water partition coefficient (Wildman–Crippen LogP) is 1.09. The van der Waals surface area contributed by atoms with E-state index in [4.69, 9.17) is 0 Å². The number of aromatic nitrogens is 3. The van der Waals surface area contributed by atoms with Gasteiger partial charge in [-0.25, -0.2) is 4.98 Å². The van der Waals surface area contributed by atoms with E-state index >= 15 is 0 Å². The summed E-state index contributed by atoms with van der Waals surface area (Å²) in [4.78, 5) is 21.1. The fourth-order valence-corrected chi connectivity index (χ4v) is 2.40. The number of aliphatic hydroxyl groups is 1. The van der Waals surface area contributed by atoms with Crippen LogP contribution in [0, 0.1) is 0 Å². The Kier molecular flexibility index (Phi) is 7.35. The fourth-order valence-electron chi connectivity index (χ4n) is 1.77. The summed E-state index contributed by atoms with van der Waals surface area (Å²) in [6.45, 7) is 4.67. The molecule has 0 aromatic carbocycles. The second-order valence-electron chi connectivity index (χ2n) is 3.98. The molecule has 0 amide bonds. The van der Waals surface area contributed by atoms with Crippen molar-refractivity contribution in [1.82, 2.24) is 20.3 Å². The number of aliphatic hydroxyl groups excluding tert-OH is 1. The largest absolute Gasteiger partial charge is 0.395 e. The van der Waals surface area contributed by atoms with Crippen LogP contribution >= 0.6 is 11.8 Å². The number of hydrogen-bond donors (Lipinski definition) is 4. The van der Waals surface area contributed by atoms with Crippen LogP contribution in [0.4, 0.5) is 0 Å². The number of nitrogens with one attached hydrogen (secondary N) is 3. The van der Waals surface area contributed by atoms with E-state index in [0.717, 1.165) is 11.3 Å². The number of nitrogens with zero attached hydrogens (tertiary/aromatic N) is 1. The Morgan fingerprint density at radius 2 is 2.20 bits per heavy atom. The van der Waals surface area contributed by atoms with Gasteiger partial charge in [0.1, 0.15) is 5.52 Å². The highest BCUT2D eigenvalue weighted by Gasteiger charge is 2.10. The number of fused-ring (bicyclic) bond motifs is 1. The molecule has 0 fully saturated rings. The summed E-state index contributed by atoms with van der Waals surface area (Å²) in [5.41, 5.74) is 1.91. The molecule has 0 radical (unpaired) electrons. The molecule has 0 aliphatic carbocycles. The van der Waals surface area contributed by atoms with E-state index in [0.29, 0.717) is 17.6 Å². The topological polar surface area (TPSA) is 93.8 Å². The third-order valence-corrected chi connectivity index (χ3v) is 3.45. The molecule has 2 heterocycles. The third-order valence-electron chi connectivity index (χ3n) is 2.72. The lowest BCUT2D eigenvalue weighted by Crippen LogP contribution is -2.34. The van der Waals surface area contributed by atoms with Crippen LogP contribution in [0.3, 0.4) is 0 Å². The highest BCUT2D eigenvalue weighted by atomic mass is 32.2. The van der Waals surface area contributed by atoms with Crippen LogP contribution in [0.2, 0.25) is 0 Å². The van der Waals surface area contributed by atoms with Crippen molar-refractivity contribution in [2.24, 2.45) is 0 Å². The molecular formula is C13H22N4O2S. The number of hydrogen-bond acceptors (Lipinski definition) is 5. The van der Waals surface area contributed by atoms with Gasteiger partial charge in [0, 0.05) is 30.1 Å². The molecule has 0 unspecified atom stereocenters. The Bertz CT molecular complexity index is 567. The molecule has 0 spiro atoms. The standard InChI is InChI=1S/C11H16N4O2S.C2H6/c1-18-5-8(4-16)12-2-7-3-13-10-9(7)14-6-15-11(10)17;1-2/h3,6,8,12-13,16H,2,4-5H2,1H3,(H,14,15,17);1-2H3/t8-;/m0./s1. The van der Waals surface area contributed by atoms with Gasteiger partial charge in [0.25, 0.3) is 5.56 Å². The van der Waals surface area contributed by atoms with Crippen LogP contribution in [0.25, 0.3) is 11.0 Å². The number of thioether (sulfide) groups is 1.